The summed E-state index contributed by atoms with van der Waals surface area (Å²) in [5.74, 6) is -0.439. The van der Waals surface area contributed by atoms with Gasteiger partial charge >= 0.3 is 12.1 Å². The normalized spacial score (nSPS) is 12.6. The maximum absolute atomic E-state index is 12.7. The van der Waals surface area contributed by atoms with E-state index in [0.29, 0.717) is 18.4 Å². The van der Waals surface area contributed by atoms with Crippen molar-refractivity contribution in [1.29, 1.82) is 0 Å². The summed E-state index contributed by atoms with van der Waals surface area (Å²) in [6.45, 7) is 0. The van der Waals surface area contributed by atoms with Crippen LogP contribution in [0.5, 0.6) is 0 Å². The number of benzene rings is 3. The summed E-state index contributed by atoms with van der Waals surface area (Å²) in [7, 11) is 0. The molecule has 1 atom stereocenters. The summed E-state index contributed by atoms with van der Waals surface area (Å²) >= 11 is 0. The van der Waals surface area contributed by atoms with Crippen LogP contribution < -0.4 is 0 Å². The van der Waals surface area contributed by atoms with Gasteiger partial charge in [0.2, 0.25) is 0 Å². The van der Waals surface area contributed by atoms with Gasteiger partial charge in [-0.1, -0.05) is 66.7 Å². The standard InChI is InChI=1S/C25H21F3O2/c26-25(27,28)22-15-11-20(12-16-22)14-18-23(17-13-19-7-3-1-4-8-19)30-24(29)21-9-5-2-6-10-21/h1-13,15-17,23H,14,18H2/b17-13+/t23-/m0/s1. The van der Waals surface area contributed by atoms with E-state index in [9.17, 15) is 18.0 Å². The highest BCUT2D eigenvalue weighted by Gasteiger charge is 2.29. The summed E-state index contributed by atoms with van der Waals surface area (Å²) in [5.41, 5.74) is 1.48. The van der Waals surface area contributed by atoms with Gasteiger partial charge in [0.15, 0.2) is 0 Å². The van der Waals surface area contributed by atoms with Crippen LogP contribution in [0, 0.1) is 0 Å². The molecule has 0 aliphatic rings. The highest BCUT2D eigenvalue weighted by Crippen LogP contribution is 2.29. The third-order valence-corrected chi connectivity index (χ3v) is 4.57. The van der Waals surface area contributed by atoms with Crippen molar-refractivity contribution in [1.82, 2.24) is 0 Å². The molecular formula is C25H21F3O2. The molecule has 0 saturated carbocycles. The van der Waals surface area contributed by atoms with Crippen molar-refractivity contribution in [2.45, 2.75) is 25.1 Å². The second kappa shape index (κ2) is 9.92. The van der Waals surface area contributed by atoms with Gasteiger partial charge in [0.1, 0.15) is 6.10 Å². The molecule has 0 aromatic heterocycles. The first-order chi connectivity index (χ1) is 14.4. The lowest BCUT2D eigenvalue weighted by Gasteiger charge is -2.15. The summed E-state index contributed by atoms with van der Waals surface area (Å²) in [6, 6.07) is 23.3. The van der Waals surface area contributed by atoms with Crippen molar-refractivity contribution < 1.29 is 22.7 Å². The lowest BCUT2D eigenvalue weighted by molar-refractivity contribution is -0.137. The second-order valence-electron chi connectivity index (χ2n) is 6.81. The number of ether oxygens (including phenoxy) is 1. The van der Waals surface area contributed by atoms with Crippen LogP contribution >= 0.6 is 0 Å². The van der Waals surface area contributed by atoms with E-state index in [1.165, 1.54) is 12.1 Å². The average molecular weight is 410 g/mol. The van der Waals surface area contributed by atoms with Crippen molar-refractivity contribution in [2.24, 2.45) is 0 Å². The van der Waals surface area contributed by atoms with E-state index >= 15 is 0 Å². The van der Waals surface area contributed by atoms with Gasteiger partial charge in [-0.25, -0.2) is 4.79 Å². The number of halogens is 3. The second-order valence-corrected chi connectivity index (χ2v) is 6.81. The van der Waals surface area contributed by atoms with Crippen molar-refractivity contribution in [3.8, 4) is 0 Å². The fraction of sp³-hybridized carbons (Fsp3) is 0.160. The number of esters is 1. The molecule has 0 aliphatic heterocycles. The topological polar surface area (TPSA) is 26.3 Å². The molecule has 0 bridgehead atoms. The molecule has 154 valence electrons. The van der Waals surface area contributed by atoms with E-state index in [1.54, 1.807) is 30.3 Å². The number of hydrogen-bond donors (Lipinski definition) is 0. The average Bonchev–Trinajstić information content (AvgIpc) is 2.76. The van der Waals surface area contributed by atoms with Crippen LogP contribution in [0.25, 0.3) is 6.08 Å². The molecule has 0 radical (unpaired) electrons. The Kier molecular flexibility index (Phi) is 7.07. The van der Waals surface area contributed by atoms with Crippen molar-refractivity contribution in [3.63, 3.8) is 0 Å². The Hall–Kier alpha value is -3.34. The molecule has 0 spiro atoms. The lowest BCUT2D eigenvalue weighted by atomic mass is 10.0. The third kappa shape index (κ3) is 6.34. The zero-order chi connectivity index (χ0) is 21.4. The molecular weight excluding hydrogens is 389 g/mol. The van der Waals surface area contributed by atoms with E-state index in [4.69, 9.17) is 4.74 Å². The quantitative estimate of drug-likeness (QED) is 0.412. The number of rotatable bonds is 7. The minimum Gasteiger partial charge on any atom is -0.455 e. The Morgan fingerprint density at radius 3 is 2.07 bits per heavy atom. The summed E-state index contributed by atoms with van der Waals surface area (Å²) < 4.78 is 43.9. The number of alkyl halides is 3. The Labute approximate surface area is 173 Å². The third-order valence-electron chi connectivity index (χ3n) is 4.57. The van der Waals surface area contributed by atoms with Gasteiger partial charge in [-0.05, 0) is 54.3 Å². The van der Waals surface area contributed by atoms with Gasteiger partial charge in [-0.15, -0.1) is 0 Å². The van der Waals surface area contributed by atoms with Crippen molar-refractivity contribution >= 4 is 12.0 Å². The molecule has 5 heteroatoms. The van der Waals surface area contributed by atoms with Crippen LogP contribution in [0.2, 0.25) is 0 Å². The Morgan fingerprint density at radius 2 is 1.47 bits per heavy atom. The predicted molar refractivity (Wildman–Crippen MR) is 111 cm³/mol. The maximum Gasteiger partial charge on any atom is 0.416 e. The van der Waals surface area contributed by atoms with E-state index < -0.39 is 23.8 Å². The Morgan fingerprint density at radius 1 is 0.867 bits per heavy atom. The number of carbonyl (C=O) groups is 1. The Balaban J connectivity index is 1.70. The van der Waals surface area contributed by atoms with E-state index in [1.807, 2.05) is 42.5 Å². The van der Waals surface area contributed by atoms with Gasteiger partial charge in [0.05, 0.1) is 11.1 Å². The van der Waals surface area contributed by atoms with Crippen LogP contribution in [0.1, 0.15) is 33.5 Å². The fourth-order valence-electron chi connectivity index (χ4n) is 2.93. The van der Waals surface area contributed by atoms with Gasteiger partial charge in [-0.2, -0.15) is 13.2 Å². The highest BCUT2D eigenvalue weighted by molar-refractivity contribution is 5.89. The van der Waals surface area contributed by atoms with Crippen LogP contribution in [-0.2, 0) is 17.3 Å². The molecule has 30 heavy (non-hydrogen) atoms. The molecule has 0 fully saturated rings. The molecule has 0 saturated heterocycles. The smallest absolute Gasteiger partial charge is 0.416 e. The SMILES string of the molecule is O=C(O[C@@H](/C=C/c1ccccc1)CCc1ccc(C(F)(F)F)cc1)c1ccccc1. The Bertz CT molecular complexity index is 963. The van der Waals surface area contributed by atoms with Crippen LogP contribution in [0.3, 0.4) is 0 Å². The van der Waals surface area contributed by atoms with Crippen molar-refractivity contribution in [2.75, 3.05) is 0 Å². The minimum atomic E-state index is -4.36. The summed E-state index contributed by atoms with van der Waals surface area (Å²) in [6.07, 6.45) is -0.266. The van der Waals surface area contributed by atoms with Gasteiger partial charge in [0.25, 0.3) is 0 Å². The molecule has 3 aromatic carbocycles. The monoisotopic (exact) mass is 410 g/mol. The van der Waals surface area contributed by atoms with Gasteiger partial charge in [0, 0.05) is 0 Å². The van der Waals surface area contributed by atoms with E-state index in [2.05, 4.69) is 0 Å². The summed E-state index contributed by atoms with van der Waals surface area (Å²) in [5, 5.41) is 0. The van der Waals surface area contributed by atoms with Crippen LogP contribution in [0.15, 0.2) is 91.0 Å². The summed E-state index contributed by atoms with van der Waals surface area (Å²) in [4.78, 5) is 12.5. The molecule has 0 heterocycles. The molecule has 0 amide bonds. The molecule has 3 rings (SSSR count). The maximum atomic E-state index is 12.7. The van der Waals surface area contributed by atoms with Crippen LogP contribution in [0.4, 0.5) is 13.2 Å². The molecule has 2 nitrogen and oxygen atoms in total. The fourth-order valence-corrected chi connectivity index (χ4v) is 2.93. The minimum absolute atomic E-state index is 0.439. The predicted octanol–water partition coefficient (Wildman–Crippen LogP) is 6.58. The number of aryl methyl sites for hydroxylation is 1. The highest BCUT2D eigenvalue weighted by atomic mass is 19.4. The molecule has 3 aromatic rings. The molecule has 0 N–H and O–H groups in total. The van der Waals surface area contributed by atoms with E-state index in [0.717, 1.165) is 23.3 Å². The van der Waals surface area contributed by atoms with E-state index in [-0.39, 0.29) is 0 Å². The van der Waals surface area contributed by atoms with Gasteiger partial charge in [-0.3, -0.25) is 0 Å². The first-order valence-electron chi connectivity index (χ1n) is 9.57. The molecule has 0 aliphatic carbocycles. The number of hydrogen-bond acceptors (Lipinski definition) is 2. The first-order valence-corrected chi connectivity index (χ1v) is 9.57. The lowest BCUT2D eigenvalue weighted by Crippen LogP contribution is -2.17. The largest absolute Gasteiger partial charge is 0.455 e. The van der Waals surface area contributed by atoms with Crippen molar-refractivity contribution in [3.05, 3.63) is 113 Å². The zero-order valence-electron chi connectivity index (χ0n) is 16.2. The van der Waals surface area contributed by atoms with Crippen LogP contribution in [-0.4, -0.2) is 12.1 Å². The molecule has 0 unspecified atom stereocenters. The number of carbonyl (C=O) groups excluding carboxylic acids is 1. The van der Waals surface area contributed by atoms with Gasteiger partial charge < -0.3 is 4.74 Å². The first kappa shape index (κ1) is 21.4. The zero-order valence-corrected chi connectivity index (χ0v) is 16.2.